The number of nitrogens with one attached hydrogen (secondary N) is 1. The van der Waals surface area contributed by atoms with Gasteiger partial charge in [0.25, 0.3) is 6.43 Å². The second-order valence-corrected chi connectivity index (χ2v) is 4.82. The Bertz CT molecular complexity index is 485. The summed E-state index contributed by atoms with van der Waals surface area (Å²) >= 11 is 0. The zero-order chi connectivity index (χ0) is 16.5. The Balaban J connectivity index is 2.30. The Kier molecular flexibility index (Phi) is 7.21. The molecule has 0 aromatic carbocycles. The Labute approximate surface area is 128 Å². The maximum Gasteiger partial charge on any atom is 0.317 e. The maximum absolute atomic E-state index is 12.1. The first-order valence-electron chi connectivity index (χ1n) is 6.81. The lowest BCUT2D eigenvalue weighted by molar-refractivity contribution is -0.128. The van der Waals surface area contributed by atoms with Crippen LogP contribution in [0.15, 0.2) is 24.4 Å². The Morgan fingerprint density at radius 1 is 1.27 bits per heavy atom. The third-order valence-corrected chi connectivity index (χ3v) is 3.00. The van der Waals surface area contributed by atoms with Gasteiger partial charge in [0.2, 0.25) is 5.91 Å². The highest BCUT2D eigenvalue weighted by Gasteiger charge is 2.15. The van der Waals surface area contributed by atoms with Gasteiger partial charge in [-0.1, -0.05) is 6.07 Å². The van der Waals surface area contributed by atoms with Crippen molar-refractivity contribution in [1.29, 1.82) is 0 Å². The first-order valence-corrected chi connectivity index (χ1v) is 6.81. The second kappa shape index (κ2) is 8.91. The number of nitrogens with zero attached hydrogens (tertiary/aromatic N) is 3. The number of rotatable bonds is 7. The van der Waals surface area contributed by atoms with Gasteiger partial charge in [0.05, 0.1) is 13.1 Å². The van der Waals surface area contributed by atoms with Crippen LogP contribution in [0, 0.1) is 0 Å². The fourth-order valence-electron chi connectivity index (χ4n) is 1.66. The van der Waals surface area contributed by atoms with Crippen molar-refractivity contribution < 1.29 is 18.4 Å². The zero-order valence-electron chi connectivity index (χ0n) is 12.6. The average Bonchev–Trinajstić information content (AvgIpc) is 2.50. The van der Waals surface area contributed by atoms with Crippen LogP contribution in [0.4, 0.5) is 13.6 Å². The maximum atomic E-state index is 12.1. The molecule has 6 nitrogen and oxygen atoms in total. The molecule has 3 amide bonds. The van der Waals surface area contributed by atoms with E-state index in [0.29, 0.717) is 13.0 Å². The number of urea groups is 1. The molecule has 0 bridgehead atoms. The number of hydrogen-bond acceptors (Lipinski definition) is 3. The SMILES string of the molecule is CN(CCc1ccccn1)C(=O)CNC(=O)N(C)CC(F)F. The molecular weight excluding hydrogens is 294 g/mol. The van der Waals surface area contributed by atoms with Crippen LogP contribution in [0.25, 0.3) is 0 Å². The Morgan fingerprint density at radius 3 is 2.59 bits per heavy atom. The van der Waals surface area contributed by atoms with E-state index in [1.54, 1.807) is 13.2 Å². The lowest BCUT2D eigenvalue weighted by atomic mass is 10.2. The summed E-state index contributed by atoms with van der Waals surface area (Å²) in [4.78, 5) is 29.8. The first kappa shape index (κ1) is 17.8. The van der Waals surface area contributed by atoms with E-state index in [4.69, 9.17) is 0 Å². The molecule has 122 valence electrons. The molecule has 0 fully saturated rings. The molecular formula is C14H20F2N4O2. The van der Waals surface area contributed by atoms with Crippen LogP contribution >= 0.6 is 0 Å². The molecule has 1 rings (SSSR count). The van der Waals surface area contributed by atoms with E-state index in [1.807, 2.05) is 18.2 Å². The Hall–Kier alpha value is -2.25. The van der Waals surface area contributed by atoms with Gasteiger partial charge in [0, 0.05) is 39.0 Å². The van der Waals surface area contributed by atoms with Crippen LogP contribution in [-0.2, 0) is 11.2 Å². The summed E-state index contributed by atoms with van der Waals surface area (Å²) in [5.74, 6) is -0.297. The predicted molar refractivity (Wildman–Crippen MR) is 77.6 cm³/mol. The summed E-state index contributed by atoms with van der Waals surface area (Å²) in [6.07, 6.45) is -0.328. The van der Waals surface area contributed by atoms with Crippen molar-refractivity contribution in [1.82, 2.24) is 20.1 Å². The summed E-state index contributed by atoms with van der Waals surface area (Å²) in [5.41, 5.74) is 0.864. The van der Waals surface area contributed by atoms with Crippen molar-refractivity contribution in [2.75, 3.05) is 33.7 Å². The number of likely N-dealkylation sites (N-methyl/N-ethyl adjacent to an activating group) is 1. The summed E-state index contributed by atoms with van der Waals surface area (Å²) in [5, 5.41) is 2.31. The van der Waals surface area contributed by atoms with Gasteiger partial charge in [-0.2, -0.15) is 0 Å². The van der Waals surface area contributed by atoms with Crippen molar-refractivity contribution >= 4 is 11.9 Å². The molecule has 8 heteroatoms. The Morgan fingerprint density at radius 2 is 2.00 bits per heavy atom. The van der Waals surface area contributed by atoms with E-state index in [2.05, 4.69) is 10.3 Å². The van der Waals surface area contributed by atoms with E-state index in [-0.39, 0.29) is 12.5 Å². The number of hydrogen-bond donors (Lipinski definition) is 1. The molecule has 1 heterocycles. The van der Waals surface area contributed by atoms with Gasteiger partial charge in [-0.3, -0.25) is 9.78 Å². The number of halogens is 2. The molecule has 0 saturated heterocycles. The third-order valence-electron chi connectivity index (χ3n) is 3.00. The molecule has 1 aromatic rings. The molecule has 0 radical (unpaired) electrons. The lowest BCUT2D eigenvalue weighted by Crippen LogP contribution is -2.44. The largest absolute Gasteiger partial charge is 0.344 e. The van der Waals surface area contributed by atoms with Crippen LogP contribution in [-0.4, -0.2) is 66.9 Å². The summed E-state index contributed by atoms with van der Waals surface area (Å²) in [6.45, 7) is -0.445. The number of alkyl halides is 2. The fraction of sp³-hybridized carbons (Fsp3) is 0.500. The molecule has 0 aliphatic carbocycles. The van der Waals surface area contributed by atoms with Gasteiger partial charge >= 0.3 is 6.03 Å². The molecule has 0 aliphatic heterocycles. The van der Waals surface area contributed by atoms with E-state index in [9.17, 15) is 18.4 Å². The van der Waals surface area contributed by atoms with Gasteiger partial charge in [-0.15, -0.1) is 0 Å². The van der Waals surface area contributed by atoms with Crippen LogP contribution < -0.4 is 5.32 Å². The van der Waals surface area contributed by atoms with Crippen molar-refractivity contribution in [2.24, 2.45) is 0 Å². The van der Waals surface area contributed by atoms with Crippen LogP contribution in [0.5, 0.6) is 0 Å². The molecule has 1 aromatic heterocycles. The van der Waals surface area contributed by atoms with E-state index < -0.39 is 19.0 Å². The number of carbonyl (C=O) groups excluding carboxylic acids is 2. The highest BCUT2D eigenvalue weighted by atomic mass is 19.3. The van der Waals surface area contributed by atoms with Gasteiger partial charge in [-0.05, 0) is 12.1 Å². The lowest BCUT2D eigenvalue weighted by Gasteiger charge is -2.20. The summed E-state index contributed by atoms with van der Waals surface area (Å²) < 4.78 is 24.3. The molecule has 1 N–H and O–H groups in total. The third kappa shape index (κ3) is 6.47. The standard InChI is InChI=1S/C14H20F2N4O2/c1-19(8-6-11-5-3-4-7-17-11)13(21)9-18-14(22)20(2)10-12(15)16/h3-5,7,12H,6,8-10H2,1-2H3,(H,18,22). The van der Waals surface area contributed by atoms with Gasteiger partial charge in [-0.25, -0.2) is 13.6 Å². The van der Waals surface area contributed by atoms with Crippen LogP contribution in [0.2, 0.25) is 0 Å². The van der Waals surface area contributed by atoms with Crippen molar-refractivity contribution in [3.05, 3.63) is 30.1 Å². The highest BCUT2D eigenvalue weighted by molar-refractivity contribution is 5.83. The number of pyridine rings is 1. The normalized spacial score (nSPS) is 10.4. The van der Waals surface area contributed by atoms with Gasteiger partial charge in [0.15, 0.2) is 0 Å². The summed E-state index contributed by atoms with van der Waals surface area (Å²) in [6, 6.07) is 4.83. The van der Waals surface area contributed by atoms with E-state index >= 15 is 0 Å². The summed E-state index contributed by atoms with van der Waals surface area (Å²) in [7, 11) is 2.86. The van der Waals surface area contributed by atoms with Gasteiger partial charge < -0.3 is 15.1 Å². The van der Waals surface area contributed by atoms with Gasteiger partial charge in [0.1, 0.15) is 0 Å². The molecule has 22 heavy (non-hydrogen) atoms. The van der Waals surface area contributed by atoms with E-state index in [0.717, 1.165) is 10.6 Å². The van der Waals surface area contributed by atoms with E-state index in [1.165, 1.54) is 11.9 Å². The monoisotopic (exact) mass is 314 g/mol. The number of carbonyl (C=O) groups is 2. The minimum absolute atomic E-state index is 0.231. The molecule has 0 atom stereocenters. The van der Waals surface area contributed by atoms with Crippen LogP contribution in [0.1, 0.15) is 5.69 Å². The molecule has 0 saturated carbocycles. The zero-order valence-corrected chi connectivity index (χ0v) is 12.6. The molecule has 0 unspecified atom stereocenters. The minimum Gasteiger partial charge on any atom is -0.344 e. The van der Waals surface area contributed by atoms with Crippen molar-refractivity contribution in [2.45, 2.75) is 12.8 Å². The fourth-order valence-corrected chi connectivity index (χ4v) is 1.66. The molecule has 0 aliphatic rings. The topological polar surface area (TPSA) is 65.5 Å². The smallest absolute Gasteiger partial charge is 0.317 e. The van der Waals surface area contributed by atoms with Crippen molar-refractivity contribution in [3.63, 3.8) is 0 Å². The van der Waals surface area contributed by atoms with Crippen molar-refractivity contribution in [3.8, 4) is 0 Å². The number of amides is 3. The minimum atomic E-state index is -2.60. The highest BCUT2D eigenvalue weighted by Crippen LogP contribution is 1.98. The predicted octanol–water partition coefficient (Wildman–Crippen LogP) is 0.989. The second-order valence-electron chi connectivity index (χ2n) is 4.82. The number of aromatic nitrogens is 1. The first-order chi connectivity index (χ1) is 10.4. The van der Waals surface area contributed by atoms with Crippen LogP contribution in [0.3, 0.4) is 0 Å². The quantitative estimate of drug-likeness (QED) is 0.816. The molecule has 0 spiro atoms. The average molecular weight is 314 g/mol.